The van der Waals surface area contributed by atoms with E-state index in [-0.39, 0.29) is 0 Å². The molecule has 1 aliphatic heterocycles. The lowest BCUT2D eigenvalue weighted by Crippen LogP contribution is -2.36. The van der Waals surface area contributed by atoms with Crippen molar-refractivity contribution in [3.05, 3.63) is 10.6 Å². The van der Waals surface area contributed by atoms with E-state index in [0.717, 1.165) is 35.0 Å². The van der Waals surface area contributed by atoms with Crippen LogP contribution in [0.4, 0.5) is 5.13 Å². The number of hydrogen-bond donors (Lipinski definition) is 0. The number of rotatable bonds is 6. The highest BCUT2D eigenvalue weighted by atomic mass is 32.1. The van der Waals surface area contributed by atoms with Crippen LogP contribution in [0.3, 0.4) is 0 Å². The van der Waals surface area contributed by atoms with E-state index in [4.69, 9.17) is 4.98 Å². The minimum atomic E-state index is 0.350. The average Bonchev–Trinajstić information content (AvgIpc) is 3.04. The van der Waals surface area contributed by atoms with E-state index < -0.39 is 0 Å². The fourth-order valence-corrected chi connectivity index (χ4v) is 3.70. The van der Waals surface area contributed by atoms with Crippen molar-refractivity contribution in [1.82, 2.24) is 9.88 Å². The Balaban J connectivity index is 2.11. The van der Waals surface area contributed by atoms with E-state index in [1.165, 1.54) is 30.7 Å². The maximum Gasteiger partial charge on any atom is 0.186 e. The molecule has 1 aliphatic rings. The Morgan fingerprint density at radius 1 is 1.60 bits per heavy atom. The molecule has 1 aromatic rings. The minimum Gasteiger partial charge on any atom is -0.350 e. The Bertz CT molecular complexity index is 460. The summed E-state index contributed by atoms with van der Waals surface area (Å²) in [4.78, 5) is 21.4. The summed E-state index contributed by atoms with van der Waals surface area (Å²) in [6.07, 6.45) is 4.51. The zero-order chi connectivity index (χ0) is 14.7. The van der Waals surface area contributed by atoms with Gasteiger partial charge in [0.05, 0.1) is 10.6 Å². The first-order valence-corrected chi connectivity index (χ1v) is 8.25. The Kier molecular flexibility index (Phi) is 5.16. The van der Waals surface area contributed by atoms with Crippen LogP contribution < -0.4 is 4.90 Å². The van der Waals surface area contributed by atoms with Crippen molar-refractivity contribution in [2.45, 2.75) is 45.1 Å². The molecule has 0 N–H and O–H groups in total. The monoisotopic (exact) mass is 295 g/mol. The van der Waals surface area contributed by atoms with E-state index in [1.807, 2.05) is 0 Å². The molecule has 0 spiro atoms. The lowest BCUT2D eigenvalue weighted by molar-refractivity contribution is 0.112. The number of nitrogens with zero attached hydrogens (tertiary/aromatic N) is 3. The number of carbonyl (C=O) groups is 1. The number of likely N-dealkylation sites (tertiary alicyclic amines) is 1. The summed E-state index contributed by atoms with van der Waals surface area (Å²) >= 11 is 1.52. The smallest absolute Gasteiger partial charge is 0.186 e. The molecule has 0 aromatic carbocycles. The quantitative estimate of drug-likeness (QED) is 0.756. The summed E-state index contributed by atoms with van der Waals surface area (Å²) < 4.78 is 0. The summed E-state index contributed by atoms with van der Waals surface area (Å²) in [5.74, 6) is 0.350. The normalized spacial score (nSPS) is 21.1. The first-order valence-electron chi connectivity index (χ1n) is 7.44. The molecule has 0 aliphatic carbocycles. The topological polar surface area (TPSA) is 36.4 Å². The summed E-state index contributed by atoms with van der Waals surface area (Å²) in [5.41, 5.74) is 0.967. The molecule has 0 bridgehead atoms. The largest absolute Gasteiger partial charge is 0.350 e. The van der Waals surface area contributed by atoms with Crippen LogP contribution in [0.2, 0.25) is 0 Å². The van der Waals surface area contributed by atoms with Gasteiger partial charge in [-0.15, -0.1) is 0 Å². The van der Waals surface area contributed by atoms with E-state index >= 15 is 0 Å². The van der Waals surface area contributed by atoms with Crippen LogP contribution in [0, 0.1) is 0 Å². The van der Waals surface area contributed by atoms with Crippen LogP contribution in [-0.2, 0) is 0 Å². The Hall–Kier alpha value is -0.940. The first-order chi connectivity index (χ1) is 9.56. The number of anilines is 1. The van der Waals surface area contributed by atoms with Gasteiger partial charge in [0.1, 0.15) is 0 Å². The van der Waals surface area contributed by atoms with Crippen molar-refractivity contribution in [1.29, 1.82) is 0 Å². The van der Waals surface area contributed by atoms with Gasteiger partial charge in [0.15, 0.2) is 11.4 Å². The number of hydrogen-bond acceptors (Lipinski definition) is 5. The van der Waals surface area contributed by atoms with Gasteiger partial charge in [0.25, 0.3) is 0 Å². The molecule has 2 heterocycles. The molecule has 0 radical (unpaired) electrons. The fraction of sp³-hybridized carbons (Fsp3) is 0.733. The second-order valence-electron chi connectivity index (χ2n) is 5.83. The van der Waals surface area contributed by atoms with Gasteiger partial charge in [-0.2, -0.15) is 0 Å². The third kappa shape index (κ3) is 3.20. The highest BCUT2D eigenvalue weighted by molar-refractivity contribution is 7.17. The minimum absolute atomic E-state index is 0.350. The van der Waals surface area contributed by atoms with E-state index in [9.17, 15) is 4.79 Å². The van der Waals surface area contributed by atoms with Crippen molar-refractivity contribution in [2.24, 2.45) is 0 Å². The van der Waals surface area contributed by atoms with Crippen LogP contribution in [0.5, 0.6) is 0 Å². The molecular formula is C15H25N3OS. The Labute approximate surface area is 125 Å². The summed E-state index contributed by atoms with van der Waals surface area (Å²) in [5, 5.41) is 0.975. The maximum atomic E-state index is 11.2. The molecule has 5 heteroatoms. The van der Waals surface area contributed by atoms with Gasteiger partial charge >= 0.3 is 0 Å². The van der Waals surface area contributed by atoms with Crippen molar-refractivity contribution in [3.63, 3.8) is 0 Å². The Morgan fingerprint density at radius 2 is 2.35 bits per heavy atom. The van der Waals surface area contributed by atoms with Gasteiger partial charge in [-0.25, -0.2) is 4.98 Å². The molecule has 1 fully saturated rings. The summed E-state index contributed by atoms with van der Waals surface area (Å²) in [6.45, 7) is 6.45. The summed E-state index contributed by atoms with van der Waals surface area (Å²) in [6, 6.07) is 0.607. The number of aromatic nitrogens is 1. The molecule has 20 heavy (non-hydrogen) atoms. The second kappa shape index (κ2) is 6.68. The molecule has 0 amide bonds. The third-order valence-corrected chi connectivity index (χ3v) is 5.45. The number of aldehydes is 1. The van der Waals surface area contributed by atoms with E-state index in [2.05, 4.69) is 37.7 Å². The van der Waals surface area contributed by atoms with Gasteiger partial charge in [-0.05, 0) is 38.8 Å². The molecule has 0 saturated carbocycles. The third-order valence-electron chi connectivity index (χ3n) is 4.34. The standard InChI is InChI=1S/C15H25N3OS/c1-5-11(2)14-13(10-19)20-15(16-14)18(4)9-12-7-6-8-17(12)3/h10-12H,5-9H2,1-4H3. The van der Waals surface area contributed by atoms with Crippen LogP contribution in [0.15, 0.2) is 0 Å². The Morgan fingerprint density at radius 3 is 2.90 bits per heavy atom. The molecule has 1 saturated heterocycles. The van der Waals surface area contributed by atoms with Crippen LogP contribution in [0.25, 0.3) is 0 Å². The van der Waals surface area contributed by atoms with Crippen molar-refractivity contribution >= 4 is 22.8 Å². The molecule has 2 rings (SSSR count). The van der Waals surface area contributed by atoms with Gasteiger partial charge in [0, 0.05) is 19.6 Å². The van der Waals surface area contributed by atoms with Crippen LogP contribution >= 0.6 is 11.3 Å². The average molecular weight is 295 g/mol. The molecule has 112 valence electrons. The second-order valence-corrected chi connectivity index (χ2v) is 6.84. The van der Waals surface area contributed by atoms with Crippen LogP contribution in [0.1, 0.15) is 54.4 Å². The van der Waals surface area contributed by atoms with Gasteiger partial charge < -0.3 is 9.80 Å². The zero-order valence-corrected chi connectivity index (χ0v) is 13.7. The van der Waals surface area contributed by atoms with Crippen LogP contribution in [-0.4, -0.2) is 49.4 Å². The van der Waals surface area contributed by atoms with Crippen molar-refractivity contribution < 1.29 is 4.79 Å². The van der Waals surface area contributed by atoms with Gasteiger partial charge in [-0.3, -0.25) is 4.79 Å². The van der Waals surface area contributed by atoms with Crippen molar-refractivity contribution in [3.8, 4) is 0 Å². The zero-order valence-electron chi connectivity index (χ0n) is 12.9. The predicted molar refractivity (Wildman–Crippen MR) is 85.1 cm³/mol. The lowest BCUT2D eigenvalue weighted by Gasteiger charge is -2.25. The molecule has 2 atom stereocenters. The molecule has 2 unspecified atom stereocenters. The highest BCUT2D eigenvalue weighted by Gasteiger charge is 2.24. The first kappa shape index (κ1) is 15.4. The van der Waals surface area contributed by atoms with Gasteiger partial charge in [-0.1, -0.05) is 25.2 Å². The lowest BCUT2D eigenvalue weighted by atomic mass is 10.0. The summed E-state index contributed by atoms with van der Waals surface area (Å²) in [7, 11) is 4.27. The fourth-order valence-electron chi connectivity index (χ4n) is 2.73. The van der Waals surface area contributed by atoms with Crippen molar-refractivity contribution in [2.75, 3.05) is 32.1 Å². The predicted octanol–water partition coefficient (Wildman–Crippen LogP) is 3.00. The molecule has 1 aromatic heterocycles. The highest BCUT2D eigenvalue weighted by Crippen LogP contribution is 2.31. The number of likely N-dealkylation sites (N-methyl/N-ethyl adjacent to an activating group) is 2. The molecule has 4 nitrogen and oxygen atoms in total. The number of carbonyl (C=O) groups excluding carboxylic acids is 1. The van der Waals surface area contributed by atoms with E-state index in [1.54, 1.807) is 0 Å². The number of thiazole rings is 1. The SMILES string of the molecule is CCC(C)c1nc(N(C)CC2CCCN2C)sc1C=O. The molecular weight excluding hydrogens is 270 g/mol. The van der Waals surface area contributed by atoms with Gasteiger partial charge in [0.2, 0.25) is 0 Å². The maximum absolute atomic E-state index is 11.2. The van der Waals surface area contributed by atoms with E-state index in [0.29, 0.717) is 12.0 Å².